The first-order valence-electron chi connectivity index (χ1n) is 6.45. The summed E-state index contributed by atoms with van der Waals surface area (Å²) < 4.78 is 5.54. The molecule has 1 aromatic heterocycles. The predicted molar refractivity (Wildman–Crippen MR) is 71.1 cm³/mol. The molecule has 0 saturated heterocycles. The van der Waals surface area contributed by atoms with Crippen molar-refractivity contribution < 1.29 is 9.34 Å². The van der Waals surface area contributed by atoms with Crippen LogP contribution in [0.3, 0.4) is 0 Å². The number of para-hydroxylation sites is 1. The van der Waals surface area contributed by atoms with E-state index in [0.717, 1.165) is 6.42 Å². The van der Waals surface area contributed by atoms with Gasteiger partial charge in [0.25, 0.3) is 11.7 Å². The van der Waals surface area contributed by atoms with E-state index >= 15 is 0 Å². The summed E-state index contributed by atoms with van der Waals surface area (Å²) in [6, 6.07) is 5.45. The van der Waals surface area contributed by atoms with Gasteiger partial charge in [-0.15, -0.1) is 0 Å². The molecule has 0 spiro atoms. The summed E-state index contributed by atoms with van der Waals surface area (Å²) in [6.07, 6.45) is 3.47. The summed E-state index contributed by atoms with van der Waals surface area (Å²) in [4.78, 5) is 14.7. The van der Waals surface area contributed by atoms with Crippen LogP contribution < -0.4 is 5.32 Å². The number of rotatable bonds is 3. The Balaban J connectivity index is 1.93. The van der Waals surface area contributed by atoms with E-state index in [-0.39, 0.29) is 5.69 Å². The highest BCUT2D eigenvalue weighted by molar-refractivity contribution is 5.84. The van der Waals surface area contributed by atoms with Crippen molar-refractivity contribution in [3.05, 3.63) is 28.3 Å². The van der Waals surface area contributed by atoms with Crippen molar-refractivity contribution in [1.29, 1.82) is 0 Å². The molecule has 1 aliphatic rings. The number of benzene rings is 1. The number of nitrogens with one attached hydrogen (secondary N) is 1. The van der Waals surface area contributed by atoms with Crippen LogP contribution in [-0.4, -0.2) is 15.9 Å². The van der Waals surface area contributed by atoms with E-state index in [1.807, 2.05) is 0 Å². The maximum atomic E-state index is 10.9. The number of oxazole rings is 1. The number of aromatic nitrogens is 1. The van der Waals surface area contributed by atoms with E-state index in [2.05, 4.69) is 17.2 Å². The molecule has 3 rings (SSSR count). The summed E-state index contributed by atoms with van der Waals surface area (Å²) in [5.41, 5.74) is 0.733. The number of nitro benzene ring substituents is 1. The Morgan fingerprint density at radius 2 is 2.32 bits per heavy atom. The molecule has 1 aliphatic carbocycles. The molecule has 1 aromatic carbocycles. The number of non-ortho nitro benzene ring substituents is 1. The molecule has 1 N–H and O–H groups in total. The van der Waals surface area contributed by atoms with Crippen LogP contribution in [0, 0.1) is 16.0 Å². The molecule has 6 heteroatoms. The molecule has 1 saturated carbocycles. The highest BCUT2D eigenvalue weighted by Crippen LogP contribution is 2.31. The lowest BCUT2D eigenvalue weighted by molar-refractivity contribution is -0.383. The number of fused-ring (bicyclic) bond motifs is 1. The maximum absolute atomic E-state index is 10.9. The van der Waals surface area contributed by atoms with E-state index < -0.39 is 4.92 Å². The standard InChI is InChI=1S/C13H15N3O3/c1-8-4-2-5-9(8)14-13-15-12-10(16(17)18)6-3-7-11(12)19-13/h3,6-9H,2,4-5H2,1H3,(H,14,15). The van der Waals surface area contributed by atoms with E-state index in [0.29, 0.717) is 29.1 Å². The van der Waals surface area contributed by atoms with E-state index in [9.17, 15) is 10.1 Å². The Morgan fingerprint density at radius 3 is 3.00 bits per heavy atom. The highest BCUT2D eigenvalue weighted by atomic mass is 16.6. The first kappa shape index (κ1) is 12.0. The van der Waals surface area contributed by atoms with Crippen molar-refractivity contribution in [2.24, 2.45) is 5.92 Å². The minimum atomic E-state index is -0.438. The predicted octanol–water partition coefficient (Wildman–Crippen LogP) is 3.34. The van der Waals surface area contributed by atoms with Crippen LogP contribution in [-0.2, 0) is 0 Å². The van der Waals surface area contributed by atoms with Gasteiger partial charge in [0.2, 0.25) is 0 Å². The minimum absolute atomic E-state index is 0.0197. The van der Waals surface area contributed by atoms with Gasteiger partial charge in [0.05, 0.1) is 4.92 Å². The van der Waals surface area contributed by atoms with Crippen molar-refractivity contribution in [2.75, 3.05) is 5.32 Å². The Hall–Kier alpha value is -2.11. The average molecular weight is 261 g/mol. The zero-order chi connectivity index (χ0) is 13.4. The van der Waals surface area contributed by atoms with Crippen LogP contribution in [0.15, 0.2) is 22.6 Å². The third-order valence-electron chi connectivity index (χ3n) is 3.76. The molecule has 2 unspecified atom stereocenters. The van der Waals surface area contributed by atoms with Crippen molar-refractivity contribution in [2.45, 2.75) is 32.2 Å². The number of hydrogen-bond donors (Lipinski definition) is 1. The molecule has 100 valence electrons. The molecule has 2 atom stereocenters. The monoisotopic (exact) mass is 261 g/mol. The molecule has 6 nitrogen and oxygen atoms in total. The SMILES string of the molecule is CC1CCCC1Nc1nc2c([N+](=O)[O-])cccc2o1. The molecule has 0 amide bonds. The van der Waals surface area contributed by atoms with E-state index in [1.165, 1.54) is 18.9 Å². The Bertz CT molecular complexity index is 623. The van der Waals surface area contributed by atoms with Gasteiger partial charge in [-0.1, -0.05) is 19.4 Å². The summed E-state index contributed by atoms with van der Waals surface area (Å²) in [5, 5.41) is 14.2. The quantitative estimate of drug-likeness (QED) is 0.677. The van der Waals surface area contributed by atoms with Crippen LogP contribution in [0.4, 0.5) is 11.7 Å². The van der Waals surface area contributed by atoms with Crippen LogP contribution in [0.25, 0.3) is 11.1 Å². The smallest absolute Gasteiger partial charge is 0.298 e. The number of nitrogens with zero attached hydrogens (tertiary/aromatic N) is 2. The second-order valence-corrected chi connectivity index (χ2v) is 5.06. The average Bonchev–Trinajstić information content (AvgIpc) is 2.95. The summed E-state index contributed by atoms with van der Waals surface area (Å²) in [6.45, 7) is 2.19. The Morgan fingerprint density at radius 1 is 1.47 bits per heavy atom. The van der Waals surface area contributed by atoms with Gasteiger partial charge in [0, 0.05) is 12.1 Å². The third-order valence-corrected chi connectivity index (χ3v) is 3.76. The summed E-state index contributed by atoms with van der Waals surface area (Å²) in [7, 11) is 0. The van der Waals surface area contributed by atoms with Gasteiger partial charge in [0.1, 0.15) is 0 Å². The second-order valence-electron chi connectivity index (χ2n) is 5.06. The lowest BCUT2D eigenvalue weighted by Gasteiger charge is -2.14. The Kier molecular flexibility index (Phi) is 2.85. The summed E-state index contributed by atoms with van der Waals surface area (Å²) >= 11 is 0. The molecule has 19 heavy (non-hydrogen) atoms. The lowest BCUT2D eigenvalue weighted by atomic mass is 10.1. The fraction of sp³-hybridized carbons (Fsp3) is 0.462. The topological polar surface area (TPSA) is 81.2 Å². The lowest BCUT2D eigenvalue weighted by Crippen LogP contribution is -2.21. The highest BCUT2D eigenvalue weighted by Gasteiger charge is 2.25. The van der Waals surface area contributed by atoms with Gasteiger partial charge in [0.15, 0.2) is 11.1 Å². The maximum Gasteiger partial charge on any atom is 0.298 e. The number of anilines is 1. The molecule has 2 aromatic rings. The molecular formula is C13H15N3O3. The molecule has 0 radical (unpaired) electrons. The van der Waals surface area contributed by atoms with E-state index in [4.69, 9.17) is 4.42 Å². The van der Waals surface area contributed by atoms with Crippen LogP contribution in [0.5, 0.6) is 0 Å². The molecular weight excluding hydrogens is 246 g/mol. The zero-order valence-electron chi connectivity index (χ0n) is 10.6. The van der Waals surface area contributed by atoms with Gasteiger partial charge in [-0.05, 0) is 24.8 Å². The van der Waals surface area contributed by atoms with Gasteiger partial charge in [-0.2, -0.15) is 4.98 Å². The van der Waals surface area contributed by atoms with Crippen molar-refractivity contribution in [3.8, 4) is 0 Å². The van der Waals surface area contributed by atoms with E-state index in [1.54, 1.807) is 12.1 Å². The van der Waals surface area contributed by atoms with Gasteiger partial charge in [-0.3, -0.25) is 10.1 Å². The molecule has 0 aliphatic heterocycles. The molecule has 1 fully saturated rings. The summed E-state index contributed by atoms with van der Waals surface area (Å²) in [5.74, 6) is 0.574. The second kappa shape index (κ2) is 4.53. The van der Waals surface area contributed by atoms with Gasteiger partial charge < -0.3 is 9.73 Å². The van der Waals surface area contributed by atoms with Gasteiger partial charge in [-0.25, -0.2) is 0 Å². The number of nitro groups is 1. The Labute approximate surface area is 110 Å². The van der Waals surface area contributed by atoms with Crippen molar-refractivity contribution in [1.82, 2.24) is 4.98 Å². The van der Waals surface area contributed by atoms with Crippen LogP contribution in [0.2, 0.25) is 0 Å². The molecule has 0 bridgehead atoms. The zero-order valence-corrected chi connectivity index (χ0v) is 10.6. The van der Waals surface area contributed by atoms with Crippen molar-refractivity contribution >= 4 is 22.8 Å². The normalized spacial score (nSPS) is 22.8. The third kappa shape index (κ3) is 2.14. The fourth-order valence-electron chi connectivity index (χ4n) is 2.66. The van der Waals surface area contributed by atoms with Crippen molar-refractivity contribution in [3.63, 3.8) is 0 Å². The van der Waals surface area contributed by atoms with Crippen LogP contribution in [0.1, 0.15) is 26.2 Å². The first-order valence-corrected chi connectivity index (χ1v) is 6.45. The van der Waals surface area contributed by atoms with Crippen LogP contribution >= 0.6 is 0 Å². The van der Waals surface area contributed by atoms with Gasteiger partial charge >= 0.3 is 0 Å². The molecule has 1 heterocycles. The first-order chi connectivity index (χ1) is 9.15. The largest absolute Gasteiger partial charge is 0.423 e. The fourth-order valence-corrected chi connectivity index (χ4v) is 2.66. The number of hydrogen-bond acceptors (Lipinski definition) is 5. The minimum Gasteiger partial charge on any atom is -0.423 e.